The zero-order valence-corrected chi connectivity index (χ0v) is 11.3. The van der Waals surface area contributed by atoms with Gasteiger partial charge in [-0.3, -0.25) is 0 Å². The maximum atomic E-state index is 5.36. The first-order valence-corrected chi connectivity index (χ1v) is 6.64. The van der Waals surface area contributed by atoms with E-state index in [1.54, 1.807) is 7.11 Å². The minimum Gasteiger partial charge on any atom is -0.380 e. The number of imidazole rings is 1. The molecule has 2 N–H and O–H groups in total. The van der Waals surface area contributed by atoms with Crippen LogP contribution in [-0.2, 0) is 4.74 Å². The molecular weight excluding hydrogens is 238 g/mol. The van der Waals surface area contributed by atoms with Crippen LogP contribution >= 0.6 is 0 Å². The normalized spacial score (nSPS) is 22.8. The van der Waals surface area contributed by atoms with Crippen LogP contribution in [0.3, 0.4) is 0 Å². The number of aromatic nitrogens is 2. The minimum atomic E-state index is 0.268. The molecule has 0 saturated carbocycles. The van der Waals surface area contributed by atoms with Gasteiger partial charge in [-0.25, -0.2) is 4.98 Å². The number of H-pyrrole nitrogens is 1. The van der Waals surface area contributed by atoms with Gasteiger partial charge in [0.15, 0.2) is 0 Å². The highest BCUT2D eigenvalue weighted by Crippen LogP contribution is 2.25. The van der Waals surface area contributed by atoms with Gasteiger partial charge >= 0.3 is 0 Å². The topological polar surface area (TPSA) is 49.9 Å². The van der Waals surface area contributed by atoms with E-state index in [1.807, 2.05) is 6.20 Å². The predicted molar refractivity (Wildman–Crippen MR) is 74.9 cm³/mol. The minimum absolute atomic E-state index is 0.268. The van der Waals surface area contributed by atoms with Crippen molar-refractivity contribution in [2.45, 2.75) is 25.5 Å². The maximum Gasteiger partial charge on any atom is 0.123 e. The van der Waals surface area contributed by atoms with Gasteiger partial charge in [-0.15, -0.1) is 0 Å². The van der Waals surface area contributed by atoms with Crippen LogP contribution in [-0.4, -0.2) is 29.7 Å². The van der Waals surface area contributed by atoms with Gasteiger partial charge in [0.1, 0.15) is 5.82 Å². The highest BCUT2D eigenvalue weighted by molar-refractivity contribution is 5.58. The number of nitrogens with zero attached hydrogens (tertiary/aromatic N) is 1. The lowest BCUT2D eigenvalue weighted by Gasteiger charge is -2.06. The van der Waals surface area contributed by atoms with Gasteiger partial charge in [0.25, 0.3) is 0 Å². The smallest absolute Gasteiger partial charge is 0.123 e. The van der Waals surface area contributed by atoms with Crippen molar-refractivity contribution < 1.29 is 4.74 Å². The Morgan fingerprint density at radius 3 is 2.74 bits per heavy atom. The zero-order chi connectivity index (χ0) is 13.2. The summed E-state index contributed by atoms with van der Waals surface area (Å²) < 4.78 is 5.36. The first-order valence-electron chi connectivity index (χ1n) is 6.64. The Bertz CT molecular complexity index is 547. The van der Waals surface area contributed by atoms with Crippen LogP contribution < -0.4 is 5.32 Å². The Morgan fingerprint density at radius 1 is 1.26 bits per heavy atom. The average Bonchev–Trinajstić information content (AvgIpc) is 3.08. The first kappa shape index (κ1) is 12.4. The molecule has 2 aromatic rings. The van der Waals surface area contributed by atoms with Crippen LogP contribution in [0.25, 0.3) is 11.3 Å². The quantitative estimate of drug-likeness (QED) is 0.888. The lowest BCUT2D eigenvalue weighted by Crippen LogP contribution is -2.16. The molecule has 0 bridgehead atoms. The second-order valence-electron chi connectivity index (χ2n) is 5.10. The van der Waals surface area contributed by atoms with Crippen LogP contribution in [0, 0.1) is 6.92 Å². The summed E-state index contributed by atoms with van der Waals surface area (Å²) in [5, 5.41) is 3.43. The molecule has 0 amide bonds. The van der Waals surface area contributed by atoms with E-state index < -0.39 is 0 Å². The maximum absolute atomic E-state index is 5.36. The summed E-state index contributed by atoms with van der Waals surface area (Å²) in [6.07, 6.45) is 3.16. The molecule has 100 valence electrons. The third-order valence-corrected chi connectivity index (χ3v) is 3.71. The lowest BCUT2D eigenvalue weighted by atomic mass is 10.1. The second kappa shape index (κ2) is 5.15. The predicted octanol–water partition coefficient (Wildman–Crippen LogP) is 2.43. The van der Waals surface area contributed by atoms with Crippen molar-refractivity contribution in [1.82, 2.24) is 15.3 Å². The summed E-state index contributed by atoms with van der Waals surface area (Å²) in [5.74, 6) is 0.995. The van der Waals surface area contributed by atoms with E-state index in [-0.39, 0.29) is 12.1 Å². The van der Waals surface area contributed by atoms with Crippen molar-refractivity contribution in [3.05, 3.63) is 41.9 Å². The van der Waals surface area contributed by atoms with E-state index in [4.69, 9.17) is 4.74 Å². The van der Waals surface area contributed by atoms with Crippen molar-refractivity contribution in [2.75, 3.05) is 13.7 Å². The number of nitrogens with one attached hydrogen (secondary N) is 2. The Hall–Kier alpha value is -1.65. The van der Waals surface area contributed by atoms with Gasteiger partial charge < -0.3 is 15.0 Å². The number of ether oxygens (including phenoxy) is 1. The molecule has 0 spiro atoms. The fourth-order valence-electron chi connectivity index (χ4n) is 2.48. The molecular formula is C15H19N3O. The molecule has 4 nitrogen and oxygen atoms in total. The van der Waals surface area contributed by atoms with E-state index in [2.05, 4.69) is 46.5 Å². The second-order valence-corrected chi connectivity index (χ2v) is 5.10. The van der Waals surface area contributed by atoms with Crippen LogP contribution in [0.4, 0.5) is 0 Å². The number of hydrogen-bond acceptors (Lipinski definition) is 3. The number of hydrogen-bond donors (Lipinski definition) is 2. The summed E-state index contributed by atoms with van der Waals surface area (Å²) >= 11 is 0. The number of rotatable bonds is 3. The van der Waals surface area contributed by atoms with Gasteiger partial charge in [-0.1, -0.05) is 29.8 Å². The van der Waals surface area contributed by atoms with Crippen molar-refractivity contribution in [2.24, 2.45) is 0 Å². The van der Waals surface area contributed by atoms with Crippen molar-refractivity contribution >= 4 is 0 Å². The summed E-state index contributed by atoms with van der Waals surface area (Å²) in [4.78, 5) is 7.90. The summed E-state index contributed by atoms with van der Waals surface area (Å²) in [6.45, 7) is 2.98. The molecule has 1 saturated heterocycles. The van der Waals surface area contributed by atoms with E-state index in [1.165, 1.54) is 11.1 Å². The number of aromatic amines is 1. The summed E-state index contributed by atoms with van der Waals surface area (Å²) in [6, 6.07) is 8.73. The standard InChI is InChI=1S/C15H19N3O/c1-10-3-5-11(6-4-10)14-9-17-15(18-14)13-7-12(19-2)8-16-13/h3-6,9,12-13,16H,7-8H2,1-2H3,(H,17,18). The van der Waals surface area contributed by atoms with E-state index >= 15 is 0 Å². The third-order valence-electron chi connectivity index (χ3n) is 3.71. The molecule has 1 aromatic carbocycles. The fourth-order valence-corrected chi connectivity index (χ4v) is 2.48. The van der Waals surface area contributed by atoms with E-state index in [0.717, 1.165) is 24.5 Å². The molecule has 2 heterocycles. The molecule has 2 atom stereocenters. The SMILES string of the molecule is COC1CNC(c2ncc(-c3ccc(C)cc3)[nH]2)C1. The molecule has 1 aliphatic rings. The molecule has 0 aliphatic carbocycles. The molecule has 4 heteroatoms. The van der Waals surface area contributed by atoms with E-state index in [0.29, 0.717) is 0 Å². The van der Waals surface area contributed by atoms with Crippen LogP contribution in [0.5, 0.6) is 0 Å². The number of methoxy groups -OCH3 is 1. The largest absolute Gasteiger partial charge is 0.380 e. The molecule has 2 unspecified atom stereocenters. The first-order chi connectivity index (χ1) is 9.26. The van der Waals surface area contributed by atoms with Gasteiger partial charge in [0.05, 0.1) is 24.0 Å². The molecule has 19 heavy (non-hydrogen) atoms. The Morgan fingerprint density at radius 2 is 2.05 bits per heavy atom. The van der Waals surface area contributed by atoms with Gasteiger partial charge in [0.2, 0.25) is 0 Å². The van der Waals surface area contributed by atoms with Gasteiger partial charge in [-0.05, 0) is 18.9 Å². The average molecular weight is 257 g/mol. The molecule has 1 fully saturated rings. The monoisotopic (exact) mass is 257 g/mol. The van der Waals surface area contributed by atoms with Crippen molar-refractivity contribution in [3.8, 4) is 11.3 Å². The molecule has 1 aliphatic heterocycles. The lowest BCUT2D eigenvalue weighted by molar-refractivity contribution is 0.117. The number of benzene rings is 1. The highest BCUT2D eigenvalue weighted by Gasteiger charge is 2.27. The van der Waals surface area contributed by atoms with Crippen LogP contribution in [0.2, 0.25) is 0 Å². The van der Waals surface area contributed by atoms with Gasteiger partial charge in [-0.2, -0.15) is 0 Å². The van der Waals surface area contributed by atoms with Crippen molar-refractivity contribution in [1.29, 1.82) is 0 Å². The highest BCUT2D eigenvalue weighted by atomic mass is 16.5. The molecule has 1 aromatic heterocycles. The Kier molecular flexibility index (Phi) is 3.36. The van der Waals surface area contributed by atoms with E-state index in [9.17, 15) is 0 Å². The Labute approximate surface area is 113 Å². The molecule has 0 radical (unpaired) electrons. The number of aryl methyl sites for hydroxylation is 1. The third kappa shape index (κ3) is 2.55. The molecule has 3 rings (SSSR count). The van der Waals surface area contributed by atoms with Gasteiger partial charge in [0, 0.05) is 13.7 Å². The van der Waals surface area contributed by atoms with Crippen molar-refractivity contribution in [3.63, 3.8) is 0 Å². The van der Waals surface area contributed by atoms with Crippen LogP contribution in [0.15, 0.2) is 30.5 Å². The summed E-state index contributed by atoms with van der Waals surface area (Å²) in [7, 11) is 1.76. The zero-order valence-electron chi connectivity index (χ0n) is 11.3. The summed E-state index contributed by atoms with van der Waals surface area (Å²) in [5.41, 5.74) is 3.51. The Balaban J connectivity index is 1.78. The van der Waals surface area contributed by atoms with Crippen LogP contribution in [0.1, 0.15) is 23.9 Å². The fraction of sp³-hybridized carbons (Fsp3) is 0.400.